The molecule has 1 aromatic carbocycles. The van der Waals surface area contributed by atoms with Gasteiger partial charge in [-0.05, 0) is 29.6 Å². The first-order chi connectivity index (χ1) is 11.6. The van der Waals surface area contributed by atoms with E-state index in [1.165, 1.54) is 0 Å². The van der Waals surface area contributed by atoms with Crippen molar-refractivity contribution in [3.8, 4) is 5.75 Å². The van der Waals surface area contributed by atoms with Crippen LogP contribution in [-0.4, -0.2) is 30.0 Å². The summed E-state index contributed by atoms with van der Waals surface area (Å²) in [6, 6.07) is 10.8. The molecule has 3 rings (SSSR count). The average molecular weight is 343 g/mol. The maximum atomic E-state index is 12.3. The molecule has 6 nitrogen and oxygen atoms in total. The molecule has 124 valence electrons. The molecule has 0 atom stereocenters. The molecule has 2 aromatic heterocycles. The minimum Gasteiger partial charge on any atom is -0.497 e. The predicted molar refractivity (Wildman–Crippen MR) is 94.8 cm³/mol. The molecular formula is C17H17N3O3S. The topological polar surface area (TPSA) is 72.4 Å². The number of carbonyl (C=O) groups excluding carboxylic acids is 2. The van der Waals surface area contributed by atoms with Crippen molar-refractivity contribution < 1.29 is 14.3 Å². The van der Waals surface area contributed by atoms with Crippen LogP contribution in [0.4, 0.5) is 5.69 Å². The van der Waals surface area contributed by atoms with Gasteiger partial charge in [0.2, 0.25) is 5.91 Å². The Morgan fingerprint density at radius 1 is 1.25 bits per heavy atom. The molecule has 2 amide bonds. The van der Waals surface area contributed by atoms with E-state index < -0.39 is 0 Å². The van der Waals surface area contributed by atoms with Crippen molar-refractivity contribution in [1.29, 1.82) is 0 Å². The molecule has 0 aliphatic rings. The lowest BCUT2D eigenvalue weighted by Gasteiger charge is -2.08. The zero-order valence-corrected chi connectivity index (χ0v) is 14.1. The molecule has 0 saturated heterocycles. The zero-order chi connectivity index (χ0) is 17.1. The van der Waals surface area contributed by atoms with Gasteiger partial charge in [0.15, 0.2) is 0 Å². The number of methoxy groups -OCH3 is 1. The summed E-state index contributed by atoms with van der Waals surface area (Å²) >= 11 is 1.58. The molecule has 7 heteroatoms. The standard InChI is InChI=1S/C17H17N3O3S/c1-20-13-6-7-24-15(13)9-14(20)17(22)18-10-16(21)19-11-4-3-5-12(8-11)23-2/h3-9H,10H2,1-2H3,(H,18,22)(H,19,21). The maximum Gasteiger partial charge on any atom is 0.268 e. The van der Waals surface area contributed by atoms with E-state index in [2.05, 4.69) is 10.6 Å². The Morgan fingerprint density at radius 2 is 2.08 bits per heavy atom. The average Bonchev–Trinajstić information content (AvgIpc) is 3.16. The Kier molecular flexibility index (Phi) is 4.52. The lowest BCUT2D eigenvalue weighted by molar-refractivity contribution is -0.115. The number of nitrogens with one attached hydrogen (secondary N) is 2. The third-order valence-corrected chi connectivity index (χ3v) is 4.51. The molecule has 0 saturated carbocycles. The van der Waals surface area contributed by atoms with E-state index in [-0.39, 0.29) is 18.4 Å². The first kappa shape index (κ1) is 16.1. The number of ether oxygens (including phenoxy) is 1. The van der Waals surface area contributed by atoms with E-state index in [0.29, 0.717) is 17.1 Å². The van der Waals surface area contributed by atoms with Crippen molar-refractivity contribution in [2.24, 2.45) is 7.05 Å². The van der Waals surface area contributed by atoms with E-state index in [1.54, 1.807) is 42.7 Å². The number of carbonyl (C=O) groups is 2. The Hall–Kier alpha value is -2.80. The molecule has 0 bridgehead atoms. The third-order valence-electron chi connectivity index (χ3n) is 3.66. The molecule has 0 aliphatic heterocycles. The van der Waals surface area contributed by atoms with E-state index in [1.807, 2.05) is 29.1 Å². The highest BCUT2D eigenvalue weighted by atomic mass is 32.1. The molecule has 0 unspecified atom stereocenters. The molecular weight excluding hydrogens is 326 g/mol. The number of aryl methyl sites for hydroxylation is 1. The molecule has 0 radical (unpaired) electrons. The Bertz CT molecular complexity index is 898. The molecule has 0 fully saturated rings. The fourth-order valence-electron chi connectivity index (χ4n) is 2.43. The Labute approximate surface area is 143 Å². The number of nitrogens with zero attached hydrogens (tertiary/aromatic N) is 1. The van der Waals surface area contributed by atoms with Crippen molar-refractivity contribution in [1.82, 2.24) is 9.88 Å². The van der Waals surface area contributed by atoms with Crippen LogP contribution in [0.25, 0.3) is 10.2 Å². The van der Waals surface area contributed by atoms with Crippen LogP contribution < -0.4 is 15.4 Å². The van der Waals surface area contributed by atoms with Crippen molar-refractivity contribution in [3.05, 3.63) is 47.5 Å². The minimum absolute atomic E-state index is 0.102. The van der Waals surface area contributed by atoms with Gasteiger partial charge in [-0.3, -0.25) is 9.59 Å². The summed E-state index contributed by atoms with van der Waals surface area (Å²) in [6.07, 6.45) is 0. The van der Waals surface area contributed by atoms with Gasteiger partial charge in [0.1, 0.15) is 11.4 Å². The minimum atomic E-state index is -0.298. The summed E-state index contributed by atoms with van der Waals surface area (Å²) in [4.78, 5) is 24.2. The quantitative estimate of drug-likeness (QED) is 0.748. The predicted octanol–water partition coefficient (Wildman–Crippen LogP) is 2.62. The van der Waals surface area contributed by atoms with Gasteiger partial charge in [-0.1, -0.05) is 6.07 Å². The summed E-state index contributed by atoms with van der Waals surface area (Å²) in [5.41, 5.74) is 2.16. The van der Waals surface area contributed by atoms with Gasteiger partial charge in [-0.25, -0.2) is 0 Å². The van der Waals surface area contributed by atoms with Crippen LogP contribution in [0.5, 0.6) is 5.75 Å². The Balaban J connectivity index is 1.60. The monoisotopic (exact) mass is 343 g/mol. The van der Waals surface area contributed by atoms with Crippen molar-refractivity contribution >= 4 is 39.1 Å². The highest BCUT2D eigenvalue weighted by Crippen LogP contribution is 2.24. The number of hydrogen-bond acceptors (Lipinski definition) is 4. The highest BCUT2D eigenvalue weighted by Gasteiger charge is 2.15. The molecule has 0 aliphatic carbocycles. The second-order valence-corrected chi connectivity index (χ2v) is 6.17. The number of aromatic nitrogens is 1. The van der Waals surface area contributed by atoms with E-state index in [9.17, 15) is 9.59 Å². The van der Waals surface area contributed by atoms with Gasteiger partial charge in [-0.2, -0.15) is 0 Å². The number of fused-ring (bicyclic) bond motifs is 1. The fraction of sp³-hybridized carbons (Fsp3) is 0.176. The largest absolute Gasteiger partial charge is 0.497 e. The normalized spacial score (nSPS) is 10.6. The zero-order valence-electron chi connectivity index (χ0n) is 13.3. The van der Waals surface area contributed by atoms with Gasteiger partial charge in [0.25, 0.3) is 5.91 Å². The number of thiophene rings is 1. The summed E-state index contributed by atoms with van der Waals surface area (Å²) in [7, 11) is 3.39. The van der Waals surface area contributed by atoms with Crippen LogP contribution in [0.3, 0.4) is 0 Å². The number of anilines is 1. The van der Waals surface area contributed by atoms with Gasteiger partial charge in [-0.15, -0.1) is 11.3 Å². The summed E-state index contributed by atoms with van der Waals surface area (Å²) in [5, 5.41) is 7.34. The fourth-order valence-corrected chi connectivity index (χ4v) is 3.27. The SMILES string of the molecule is COc1cccc(NC(=O)CNC(=O)c2cc3sccc3n2C)c1. The van der Waals surface area contributed by atoms with Crippen LogP contribution in [0, 0.1) is 0 Å². The van der Waals surface area contributed by atoms with Crippen LogP contribution in [-0.2, 0) is 11.8 Å². The smallest absolute Gasteiger partial charge is 0.268 e. The lowest BCUT2D eigenvalue weighted by Crippen LogP contribution is -2.33. The molecule has 0 spiro atoms. The number of benzene rings is 1. The van der Waals surface area contributed by atoms with Crippen LogP contribution in [0.2, 0.25) is 0 Å². The molecule has 2 N–H and O–H groups in total. The second kappa shape index (κ2) is 6.76. The summed E-state index contributed by atoms with van der Waals surface area (Å²) in [5.74, 6) is 0.0787. The maximum absolute atomic E-state index is 12.3. The number of rotatable bonds is 5. The van der Waals surface area contributed by atoms with E-state index >= 15 is 0 Å². The van der Waals surface area contributed by atoms with Crippen molar-refractivity contribution in [2.75, 3.05) is 19.0 Å². The summed E-state index contributed by atoms with van der Waals surface area (Å²) in [6.45, 7) is -0.102. The molecule has 2 heterocycles. The number of amides is 2. The third kappa shape index (κ3) is 3.26. The van der Waals surface area contributed by atoms with Crippen LogP contribution >= 0.6 is 11.3 Å². The molecule has 3 aromatic rings. The van der Waals surface area contributed by atoms with E-state index in [0.717, 1.165) is 10.2 Å². The van der Waals surface area contributed by atoms with Gasteiger partial charge < -0.3 is 19.9 Å². The first-order valence-corrected chi connectivity index (χ1v) is 8.21. The van der Waals surface area contributed by atoms with Gasteiger partial charge >= 0.3 is 0 Å². The summed E-state index contributed by atoms with van der Waals surface area (Å²) < 4.78 is 7.97. The Morgan fingerprint density at radius 3 is 2.83 bits per heavy atom. The van der Waals surface area contributed by atoms with Crippen molar-refractivity contribution in [2.45, 2.75) is 0 Å². The lowest BCUT2D eigenvalue weighted by atomic mass is 10.3. The van der Waals surface area contributed by atoms with Crippen LogP contribution in [0.15, 0.2) is 41.8 Å². The van der Waals surface area contributed by atoms with Crippen LogP contribution in [0.1, 0.15) is 10.5 Å². The number of hydrogen-bond donors (Lipinski definition) is 2. The van der Waals surface area contributed by atoms with Crippen molar-refractivity contribution in [3.63, 3.8) is 0 Å². The highest BCUT2D eigenvalue weighted by molar-refractivity contribution is 7.17. The van der Waals surface area contributed by atoms with E-state index in [4.69, 9.17) is 4.74 Å². The van der Waals surface area contributed by atoms with Gasteiger partial charge in [0, 0.05) is 18.8 Å². The second-order valence-electron chi connectivity index (χ2n) is 5.22. The first-order valence-electron chi connectivity index (χ1n) is 7.33. The molecule has 24 heavy (non-hydrogen) atoms. The van der Waals surface area contributed by atoms with Gasteiger partial charge in [0.05, 0.1) is 23.9 Å².